The van der Waals surface area contributed by atoms with Gasteiger partial charge in [0.1, 0.15) is 6.33 Å². The number of urea groups is 1. The Bertz CT molecular complexity index is 514. The summed E-state index contributed by atoms with van der Waals surface area (Å²) >= 11 is 0. The molecule has 1 aliphatic heterocycles. The summed E-state index contributed by atoms with van der Waals surface area (Å²) in [7, 11) is 1.86. The largest absolute Gasteiger partial charge is 0.379 e. The fourth-order valence-electron chi connectivity index (χ4n) is 2.83. The summed E-state index contributed by atoms with van der Waals surface area (Å²) in [6.07, 6.45) is 2.59. The lowest BCUT2D eigenvalue weighted by molar-refractivity contribution is -0.0165. The minimum atomic E-state index is -0.196. The van der Waals surface area contributed by atoms with Crippen LogP contribution in [0, 0.1) is 0 Å². The monoisotopic (exact) mass is 324 g/mol. The van der Waals surface area contributed by atoms with Crippen LogP contribution in [0.5, 0.6) is 0 Å². The molecule has 8 heteroatoms. The molecule has 1 aliphatic rings. The van der Waals surface area contributed by atoms with Crippen LogP contribution in [0.15, 0.2) is 6.33 Å². The van der Waals surface area contributed by atoms with E-state index in [2.05, 4.69) is 39.6 Å². The molecule has 0 bridgehead atoms. The lowest BCUT2D eigenvalue weighted by Gasteiger charge is -2.43. The summed E-state index contributed by atoms with van der Waals surface area (Å²) < 4.78 is 7.21. The first-order valence-corrected chi connectivity index (χ1v) is 8.17. The highest BCUT2D eigenvalue weighted by atomic mass is 16.5. The number of aromatic nitrogens is 3. The Hall–Kier alpha value is -1.67. The van der Waals surface area contributed by atoms with E-state index < -0.39 is 0 Å². The minimum Gasteiger partial charge on any atom is -0.379 e. The molecule has 2 atom stereocenters. The third-order valence-electron chi connectivity index (χ3n) is 4.65. The second-order valence-electron chi connectivity index (χ2n) is 6.30. The van der Waals surface area contributed by atoms with Crippen LogP contribution in [0.25, 0.3) is 0 Å². The van der Waals surface area contributed by atoms with Gasteiger partial charge in [-0.3, -0.25) is 4.90 Å². The summed E-state index contributed by atoms with van der Waals surface area (Å²) in [6, 6.07) is -0.382. The van der Waals surface area contributed by atoms with Gasteiger partial charge in [0.2, 0.25) is 0 Å². The predicted molar refractivity (Wildman–Crippen MR) is 87.0 cm³/mol. The van der Waals surface area contributed by atoms with Gasteiger partial charge in [0.15, 0.2) is 5.82 Å². The molecular weight excluding hydrogens is 296 g/mol. The van der Waals surface area contributed by atoms with Crippen molar-refractivity contribution in [2.75, 3.05) is 32.8 Å². The van der Waals surface area contributed by atoms with Gasteiger partial charge >= 0.3 is 6.03 Å². The van der Waals surface area contributed by atoms with Gasteiger partial charge in [-0.05, 0) is 20.3 Å². The predicted octanol–water partition coefficient (Wildman–Crippen LogP) is 0.676. The van der Waals surface area contributed by atoms with Crippen molar-refractivity contribution in [1.82, 2.24) is 30.3 Å². The fraction of sp³-hybridized carbons (Fsp3) is 0.800. The van der Waals surface area contributed by atoms with Crippen molar-refractivity contribution >= 4 is 6.03 Å². The van der Waals surface area contributed by atoms with Gasteiger partial charge in [-0.15, -0.1) is 10.2 Å². The number of nitrogens with one attached hydrogen (secondary N) is 2. The molecule has 0 unspecified atom stereocenters. The summed E-state index contributed by atoms with van der Waals surface area (Å²) in [5.41, 5.74) is -0.0604. The number of amides is 2. The van der Waals surface area contributed by atoms with Crippen molar-refractivity contribution in [3.63, 3.8) is 0 Å². The van der Waals surface area contributed by atoms with Crippen molar-refractivity contribution in [3.8, 4) is 0 Å². The number of carbonyl (C=O) groups is 1. The molecule has 130 valence electrons. The highest BCUT2D eigenvalue weighted by Gasteiger charge is 2.31. The van der Waals surface area contributed by atoms with Crippen molar-refractivity contribution < 1.29 is 9.53 Å². The Balaban J connectivity index is 1.85. The topological polar surface area (TPSA) is 84.3 Å². The maximum Gasteiger partial charge on any atom is 0.315 e. The highest BCUT2D eigenvalue weighted by Crippen LogP contribution is 2.20. The van der Waals surface area contributed by atoms with E-state index in [0.29, 0.717) is 6.54 Å². The zero-order valence-corrected chi connectivity index (χ0v) is 14.5. The van der Waals surface area contributed by atoms with Gasteiger partial charge in [-0.25, -0.2) is 4.79 Å². The maximum absolute atomic E-state index is 12.2. The molecule has 0 aliphatic carbocycles. The molecule has 2 amide bonds. The lowest BCUT2D eigenvalue weighted by Crippen LogP contribution is -2.57. The maximum atomic E-state index is 12.2. The lowest BCUT2D eigenvalue weighted by atomic mass is 9.95. The van der Waals surface area contributed by atoms with E-state index in [0.717, 1.165) is 38.5 Å². The normalized spacial score (nSPS) is 19.8. The van der Waals surface area contributed by atoms with E-state index in [9.17, 15) is 4.79 Å². The van der Waals surface area contributed by atoms with Crippen molar-refractivity contribution in [2.45, 2.75) is 38.8 Å². The van der Waals surface area contributed by atoms with Crippen molar-refractivity contribution in [1.29, 1.82) is 0 Å². The van der Waals surface area contributed by atoms with Crippen LogP contribution in [-0.4, -0.2) is 64.1 Å². The molecule has 1 fully saturated rings. The summed E-state index contributed by atoms with van der Waals surface area (Å²) in [4.78, 5) is 14.6. The van der Waals surface area contributed by atoms with Gasteiger partial charge in [0, 0.05) is 32.2 Å². The molecule has 0 radical (unpaired) electrons. The Kier molecular flexibility index (Phi) is 5.95. The molecule has 23 heavy (non-hydrogen) atoms. The molecule has 2 N–H and O–H groups in total. The first-order valence-electron chi connectivity index (χ1n) is 8.17. The van der Waals surface area contributed by atoms with E-state index in [1.54, 1.807) is 10.9 Å². The summed E-state index contributed by atoms with van der Waals surface area (Å²) in [5.74, 6) is 0.728. The second-order valence-corrected chi connectivity index (χ2v) is 6.30. The number of carbonyl (C=O) groups excluding carboxylic acids is 1. The SMILES string of the molecule is CC[C@](C)(CNC(=O)N[C@H](C)c1nncn1C)N1CCOCC1. The van der Waals surface area contributed by atoms with Crippen LogP contribution < -0.4 is 10.6 Å². The first-order chi connectivity index (χ1) is 11.0. The van der Waals surface area contributed by atoms with E-state index in [1.165, 1.54) is 0 Å². The smallest absolute Gasteiger partial charge is 0.315 e. The Morgan fingerprint density at radius 2 is 2.17 bits per heavy atom. The number of morpholine rings is 1. The number of hydrogen-bond donors (Lipinski definition) is 2. The third kappa shape index (κ3) is 4.42. The molecule has 1 saturated heterocycles. The van der Waals surface area contributed by atoms with Crippen molar-refractivity contribution in [2.24, 2.45) is 7.05 Å². The molecule has 1 aromatic rings. The number of nitrogens with zero attached hydrogens (tertiary/aromatic N) is 4. The molecule has 0 aromatic carbocycles. The fourth-order valence-corrected chi connectivity index (χ4v) is 2.83. The Morgan fingerprint density at radius 3 is 2.74 bits per heavy atom. The zero-order valence-electron chi connectivity index (χ0n) is 14.5. The number of ether oxygens (including phenoxy) is 1. The van der Waals surface area contributed by atoms with Crippen molar-refractivity contribution in [3.05, 3.63) is 12.2 Å². The average Bonchev–Trinajstić information content (AvgIpc) is 2.99. The van der Waals surface area contributed by atoms with Gasteiger partial charge in [-0.1, -0.05) is 6.92 Å². The molecule has 2 rings (SSSR count). The van der Waals surface area contributed by atoms with Crippen LogP contribution >= 0.6 is 0 Å². The van der Waals surface area contributed by atoms with Crippen LogP contribution in [0.3, 0.4) is 0 Å². The van der Waals surface area contributed by atoms with E-state index in [-0.39, 0.29) is 17.6 Å². The third-order valence-corrected chi connectivity index (χ3v) is 4.65. The van der Waals surface area contributed by atoms with Crippen LogP contribution in [-0.2, 0) is 11.8 Å². The van der Waals surface area contributed by atoms with Gasteiger partial charge in [0.25, 0.3) is 0 Å². The van der Waals surface area contributed by atoms with E-state index in [1.807, 2.05) is 14.0 Å². The molecule has 8 nitrogen and oxygen atoms in total. The summed E-state index contributed by atoms with van der Waals surface area (Å²) in [5, 5.41) is 13.7. The molecular formula is C15H28N6O2. The number of rotatable bonds is 6. The second kappa shape index (κ2) is 7.74. The minimum absolute atomic E-state index is 0.0604. The molecule has 2 heterocycles. The summed E-state index contributed by atoms with van der Waals surface area (Å²) in [6.45, 7) is 10.1. The highest BCUT2D eigenvalue weighted by molar-refractivity contribution is 5.74. The zero-order chi connectivity index (χ0) is 16.9. The first kappa shape index (κ1) is 17.7. The van der Waals surface area contributed by atoms with Crippen LogP contribution in [0.1, 0.15) is 39.1 Å². The quantitative estimate of drug-likeness (QED) is 0.804. The van der Waals surface area contributed by atoms with E-state index >= 15 is 0 Å². The van der Waals surface area contributed by atoms with Crippen LogP contribution in [0.4, 0.5) is 4.79 Å². The molecule has 0 saturated carbocycles. The van der Waals surface area contributed by atoms with E-state index in [4.69, 9.17) is 4.74 Å². The average molecular weight is 324 g/mol. The van der Waals surface area contributed by atoms with Crippen LogP contribution in [0.2, 0.25) is 0 Å². The van der Waals surface area contributed by atoms with Gasteiger partial charge < -0.3 is 19.9 Å². The Morgan fingerprint density at radius 1 is 1.48 bits per heavy atom. The molecule has 0 spiro atoms. The number of hydrogen-bond acceptors (Lipinski definition) is 5. The van der Waals surface area contributed by atoms with Gasteiger partial charge in [0.05, 0.1) is 19.3 Å². The van der Waals surface area contributed by atoms with Gasteiger partial charge in [-0.2, -0.15) is 0 Å². The Labute approximate surface area is 137 Å². The molecule has 1 aromatic heterocycles. The standard InChI is InChI=1S/C15H28N6O2/c1-5-15(3,21-6-8-23-9-7-21)10-16-14(22)18-12(2)13-19-17-11-20(13)4/h11-12H,5-10H2,1-4H3,(H2,16,18,22)/t12-,15-/m1/s1. The number of aryl methyl sites for hydroxylation is 1.